The molecule has 0 fully saturated rings. The number of nitrogens with zero attached hydrogens (tertiary/aromatic N) is 4. The molecule has 41 heavy (non-hydrogen) atoms. The minimum Gasteiger partial charge on any atom is -0.361 e. The maximum absolute atomic E-state index is 2.69. The lowest BCUT2D eigenvalue weighted by Crippen LogP contribution is -2.42. The van der Waals surface area contributed by atoms with E-state index in [1.54, 1.807) is 10.6 Å². The molecule has 0 radical (unpaired) electrons. The van der Waals surface area contributed by atoms with Crippen LogP contribution < -0.4 is 45.6 Å². The summed E-state index contributed by atoms with van der Waals surface area (Å²) in [5, 5.41) is 7.67. The Hall–Kier alpha value is -1.93. The van der Waals surface area contributed by atoms with Crippen LogP contribution in [-0.4, -0.2) is 48.3 Å². The Balaban J connectivity index is 2.55. The molecule has 228 valence electrons. The standard InChI is InChI=1S/C36H61N4P/c1-22(2)37(23(3)4)31-32(38(24(5)6)25(7)8)35(31)41(30-20-18-17-19-21-30)36-33(39(26(9)10)27(11)12)34(36)40(28(13)14)29(15)16/h17-29H,1-16H3/q+2. The van der Waals surface area contributed by atoms with Crippen LogP contribution in [0, 0.1) is 0 Å². The van der Waals surface area contributed by atoms with E-state index in [4.69, 9.17) is 0 Å². The summed E-state index contributed by atoms with van der Waals surface area (Å²) in [6.07, 6.45) is 0. The van der Waals surface area contributed by atoms with E-state index in [-0.39, 0.29) is 0 Å². The number of hydrogen-bond donors (Lipinski definition) is 0. The fourth-order valence-electron chi connectivity index (χ4n) is 7.12. The number of hydrogen-bond acceptors (Lipinski definition) is 2. The predicted molar refractivity (Wildman–Crippen MR) is 186 cm³/mol. The Kier molecular flexibility index (Phi) is 10.8. The summed E-state index contributed by atoms with van der Waals surface area (Å²) in [5.74, 6) is 0. The van der Waals surface area contributed by atoms with Crippen LogP contribution in [-0.2, 0) is 0 Å². The lowest BCUT2D eigenvalue weighted by molar-refractivity contribution is 0.429. The van der Waals surface area contributed by atoms with Gasteiger partial charge in [0.25, 0.3) is 0 Å². The summed E-state index contributed by atoms with van der Waals surface area (Å²) in [6, 6.07) is 14.9. The van der Waals surface area contributed by atoms with Crippen molar-refractivity contribution < 1.29 is 0 Å². The molecular weight excluding hydrogens is 519 g/mol. The second-order valence-electron chi connectivity index (χ2n) is 14.1. The van der Waals surface area contributed by atoms with E-state index in [9.17, 15) is 0 Å². The number of anilines is 2. The van der Waals surface area contributed by atoms with E-state index in [0.29, 0.717) is 48.3 Å². The molecule has 0 N–H and O–H groups in total. The lowest BCUT2D eigenvalue weighted by atomic mass is 10.2. The molecule has 0 aliphatic carbocycles. The largest absolute Gasteiger partial charge is 0.361 e. The highest BCUT2D eigenvalue weighted by Gasteiger charge is 2.49. The van der Waals surface area contributed by atoms with Gasteiger partial charge in [-0.15, -0.1) is 0 Å². The van der Waals surface area contributed by atoms with Gasteiger partial charge in [0.05, 0.1) is 10.6 Å². The first-order valence-electron chi connectivity index (χ1n) is 16.3. The van der Waals surface area contributed by atoms with Gasteiger partial charge < -0.3 is 9.80 Å². The van der Waals surface area contributed by atoms with Crippen molar-refractivity contribution in [3.05, 3.63) is 41.0 Å². The van der Waals surface area contributed by atoms with E-state index in [2.05, 4.69) is 160 Å². The molecule has 0 aliphatic heterocycles. The third kappa shape index (κ3) is 6.69. The molecule has 0 saturated heterocycles. The molecule has 0 aliphatic rings. The van der Waals surface area contributed by atoms with Crippen LogP contribution in [0.25, 0.3) is 0 Å². The topological polar surface area (TPSA) is 12.5 Å². The highest BCUT2D eigenvalue weighted by atomic mass is 31.1. The summed E-state index contributed by atoms with van der Waals surface area (Å²) in [7, 11) is -0.718. The van der Waals surface area contributed by atoms with E-state index in [1.165, 1.54) is 27.4 Å². The minimum atomic E-state index is -0.718. The second kappa shape index (κ2) is 13.2. The summed E-state index contributed by atoms with van der Waals surface area (Å²) >= 11 is 0. The van der Waals surface area contributed by atoms with Crippen molar-refractivity contribution >= 4 is 35.2 Å². The van der Waals surface area contributed by atoms with Gasteiger partial charge in [-0.25, -0.2) is 9.15 Å². The zero-order chi connectivity index (χ0) is 31.1. The van der Waals surface area contributed by atoms with Gasteiger partial charge in [0.1, 0.15) is 35.5 Å². The van der Waals surface area contributed by atoms with Crippen LogP contribution >= 0.6 is 7.92 Å². The Morgan fingerprint density at radius 3 is 1.00 bits per heavy atom. The van der Waals surface area contributed by atoms with Gasteiger partial charge in [-0.05, 0) is 116 Å². The molecule has 0 unspecified atom stereocenters. The van der Waals surface area contributed by atoms with E-state index >= 15 is 0 Å². The van der Waals surface area contributed by atoms with Crippen molar-refractivity contribution in [3.63, 3.8) is 0 Å². The van der Waals surface area contributed by atoms with Crippen LogP contribution in [0.2, 0.25) is 0 Å². The van der Waals surface area contributed by atoms with E-state index in [0.717, 1.165) is 0 Å². The van der Waals surface area contributed by atoms with E-state index in [1.807, 2.05) is 0 Å². The zero-order valence-electron chi connectivity index (χ0n) is 29.2. The summed E-state index contributed by atoms with van der Waals surface area (Å²) < 4.78 is 5.38. The molecule has 0 saturated carbocycles. The minimum absolute atomic E-state index is 0.438. The smallest absolute Gasteiger partial charge is 0.235 e. The molecule has 3 aromatic carbocycles. The van der Waals surface area contributed by atoms with Gasteiger partial charge in [-0.3, -0.25) is 0 Å². The highest BCUT2D eigenvalue weighted by Crippen LogP contribution is 2.44. The molecule has 0 bridgehead atoms. The van der Waals surface area contributed by atoms with Crippen molar-refractivity contribution in [1.29, 1.82) is 0 Å². The number of benzene rings is 1. The van der Waals surface area contributed by atoms with Crippen LogP contribution in [0.1, 0.15) is 111 Å². The molecule has 3 aromatic rings. The molecule has 0 amide bonds. The van der Waals surface area contributed by atoms with E-state index < -0.39 is 7.92 Å². The fraction of sp³-hybridized carbons (Fsp3) is 0.667. The van der Waals surface area contributed by atoms with Crippen LogP contribution in [0.15, 0.2) is 30.3 Å². The maximum atomic E-state index is 2.69. The quantitative estimate of drug-likeness (QED) is 0.192. The lowest BCUT2D eigenvalue weighted by Gasteiger charge is -2.30. The number of rotatable bonds is 13. The highest BCUT2D eigenvalue weighted by molar-refractivity contribution is 7.81. The van der Waals surface area contributed by atoms with Crippen molar-refractivity contribution in [2.75, 3.05) is 9.80 Å². The van der Waals surface area contributed by atoms with Crippen LogP contribution in [0.5, 0.6) is 0 Å². The average molecular weight is 581 g/mol. The first kappa shape index (κ1) is 33.6. The SMILES string of the molecule is CC(C)N(c1c(P(c2ccccc2)c2c(N(C(C)C)C(C)C)c2=[N+](C(C)C)C(C)C)c1=[N+](C(C)C)C(C)C)C(C)C. The maximum Gasteiger partial charge on any atom is 0.235 e. The molecule has 3 rings (SSSR count). The van der Waals surface area contributed by atoms with Crippen molar-refractivity contribution in [2.24, 2.45) is 0 Å². The summed E-state index contributed by atoms with van der Waals surface area (Å²) in [6.45, 7) is 37.8. The van der Waals surface area contributed by atoms with Gasteiger partial charge in [0.2, 0.25) is 10.7 Å². The fourth-order valence-corrected chi connectivity index (χ4v) is 9.95. The molecule has 0 heterocycles. The monoisotopic (exact) mass is 580 g/mol. The average Bonchev–Trinajstić information content (AvgIpc) is 3.70. The van der Waals surface area contributed by atoms with Gasteiger partial charge in [0.15, 0.2) is 0 Å². The summed E-state index contributed by atoms with van der Waals surface area (Å²) in [4.78, 5) is 5.38. The zero-order valence-corrected chi connectivity index (χ0v) is 30.1. The molecule has 0 aromatic heterocycles. The molecule has 0 spiro atoms. The van der Waals surface area contributed by atoms with Crippen molar-refractivity contribution in [2.45, 2.75) is 159 Å². The Labute approximate surface area is 253 Å². The summed E-state index contributed by atoms with van der Waals surface area (Å²) in [5.41, 5.74) is 3.01. The van der Waals surface area contributed by atoms with Gasteiger partial charge in [-0.1, -0.05) is 30.3 Å². The van der Waals surface area contributed by atoms with Gasteiger partial charge in [0, 0.05) is 32.1 Å². The second-order valence-corrected chi connectivity index (χ2v) is 16.2. The Morgan fingerprint density at radius 2 is 0.756 bits per heavy atom. The molecule has 5 heteroatoms. The molecule has 0 atom stereocenters. The van der Waals surface area contributed by atoms with Gasteiger partial charge in [-0.2, -0.15) is 0 Å². The van der Waals surface area contributed by atoms with Crippen molar-refractivity contribution in [1.82, 2.24) is 9.15 Å². The Bertz CT molecular complexity index is 1200. The predicted octanol–water partition coefficient (Wildman–Crippen LogP) is 5.62. The van der Waals surface area contributed by atoms with Crippen LogP contribution in [0.3, 0.4) is 0 Å². The third-order valence-corrected chi connectivity index (χ3v) is 10.7. The first-order chi connectivity index (χ1) is 19.1. The first-order valence-corrected chi connectivity index (χ1v) is 17.6. The third-order valence-electron chi connectivity index (χ3n) is 8.17. The van der Waals surface area contributed by atoms with Crippen LogP contribution in [0.4, 0.5) is 11.4 Å². The molecule has 4 nitrogen and oxygen atoms in total. The van der Waals surface area contributed by atoms with Crippen molar-refractivity contribution in [3.8, 4) is 0 Å². The van der Waals surface area contributed by atoms with Gasteiger partial charge >= 0.3 is 0 Å². The normalized spacial score (nSPS) is 12.9. The molecular formula is C36H61N4P+2. The Morgan fingerprint density at radius 1 is 0.463 bits per heavy atom.